The molecule has 2 aromatic carbocycles. The highest BCUT2D eigenvalue weighted by Gasteiger charge is 2.12. The highest BCUT2D eigenvalue weighted by Crippen LogP contribution is 2.17. The SMILES string of the molecule is CCN(CC)c1ccc(/C=N\NC(=O)Cc2nnc(NC(=O)c3ccccc3)s2)cc1. The predicted octanol–water partition coefficient (Wildman–Crippen LogP) is 3.33. The van der Waals surface area contributed by atoms with Crippen molar-refractivity contribution < 1.29 is 9.59 Å². The molecule has 0 spiro atoms. The van der Waals surface area contributed by atoms with E-state index in [0.717, 1.165) is 35.7 Å². The zero-order chi connectivity index (χ0) is 22.1. The first-order valence-electron chi connectivity index (χ1n) is 9.94. The van der Waals surface area contributed by atoms with Crippen LogP contribution in [-0.4, -0.2) is 41.3 Å². The molecule has 0 aliphatic heterocycles. The molecule has 1 aromatic heterocycles. The van der Waals surface area contributed by atoms with E-state index < -0.39 is 0 Å². The molecule has 31 heavy (non-hydrogen) atoms. The number of nitrogens with zero attached hydrogens (tertiary/aromatic N) is 4. The summed E-state index contributed by atoms with van der Waals surface area (Å²) in [4.78, 5) is 26.5. The van der Waals surface area contributed by atoms with E-state index in [0.29, 0.717) is 15.7 Å². The summed E-state index contributed by atoms with van der Waals surface area (Å²) in [6, 6.07) is 16.8. The molecule has 160 valence electrons. The second kappa shape index (κ2) is 11.0. The molecule has 9 heteroatoms. The van der Waals surface area contributed by atoms with Gasteiger partial charge in [0.2, 0.25) is 11.0 Å². The Labute approximate surface area is 185 Å². The number of carbonyl (C=O) groups is 2. The van der Waals surface area contributed by atoms with Crippen LogP contribution in [0.5, 0.6) is 0 Å². The maximum Gasteiger partial charge on any atom is 0.257 e. The van der Waals surface area contributed by atoms with Crippen LogP contribution in [0.15, 0.2) is 59.7 Å². The van der Waals surface area contributed by atoms with Crippen molar-refractivity contribution in [3.05, 3.63) is 70.7 Å². The second-order valence-corrected chi connectivity index (χ2v) is 7.62. The summed E-state index contributed by atoms with van der Waals surface area (Å²) >= 11 is 1.15. The lowest BCUT2D eigenvalue weighted by Gasteiger charge is -2.20. The molecule has 0 saturated heterocycles. The molecule has 0 fully saturated rings. The fourth-order valence-electron chi connectivity index (χ4n) is 2.85. The largest absolute Gasteiger partial charge is 0.372 e. The van der Waals surface area contributed by atoms with Crippen LogP contribution in [0.2, 0.25) is 0 Å². The van der Waals surface area contributed by atoms with Gasteiger partial charge in [0, 0.05) is 24.3 Å². The fraction of sp³-hybridized carbons (Fsp3) is 0.227. The highest BCUT2D eigenvalue weighted by molar-refractivity contribution is 7.15. The number of aromatic nitrogens is 2. The minimum Gasteiger partial charge on any atom is -0.372 e. The first-order chi connectivity index (χ1) is 15.1. The van der Waals surface area contributed by atoms with Crippen LogP contribution < -0.4 is 15.6 Å². The fourth-order valence-corrected chi connectivity index (χ4v) is 3.58. The van der Waals surface area contributed by atoms with E-state index in [2.05, 4.69) is 44.8 Å². The number of rotatable bonds is 9. The first-order valence-corrected chi connectivity index (χ1v) is 10.8. The zero-order valence-electron chi connectivity index (χ0n) is 17.4. The maximum atomic E-state index is 12.1. The summed E-state index contributed by atoms with van der Waals surface area (Å²) < 4.78 is 0. The molecule has 0 saturated carbocycles. The minimum atomic E-state index is -0.312. The summed E-state index contributed by atoms with van der Waals surface area (Å²) in [5.41, 5.74) is 5.05. The molecular formula is C22H24N6O2S. The predicted molar refractivity (Wildman–Crippen MR) is 124 cm³/mol. The third-order valence-electron chi connectivity index (χ3n) is 4.46. The normalized spacial score (nSPS) is 10.8. The standard InChI is InChI=1S/C22H24N6O2S/c1-3-28(4-2)18-12-10-16(11-13-18)15-23-25-19(29)14-20-26-27-22(31-20)24-21(30)17-8-6-5-7-9-17/h5-13,15H,3-4,14H2,1-2H3,(H,25,29)(H,24,27,30)/b23-15-. The third kappa shape index (κ3) is 6.45. The molecule has 2 amide bonds. The third-order valence-corrected chi connectivity index (χ3v) is 5.30. The Bertz CT molecular complexity index is 1030. The monoisotopic (exact) mass is 436 g/mol. The van der Waals surface area contributed by atoms with Crippen LogP contribution in [0, 0.1) is 0 Å². The van der Waals surface area contributed by atoms with Crippen LogP contribution in [0.25, 0.3) is 0 Å². The highest BCUT2D eigenvalue weighted by atomic mass is 32.1. The number of amides is 2. The van der Waals surface area contributed by atoms with Crippen molar-refractivity contribution in [2.75, 3.05) is 23.3 Å². The van der Waals surface area contributed by atoms with E-state index in [1.165, 1.54) is 0 Å². The summed E-state index contributed by atoms with van der Waals surface area (Å²) in [5, 5.41) is 15.4. The van der Waals surface area contributed by atoms with E-state index in [1.54, 1.807) is 30.5 Å². The molecule has 0 radical (unpaired) electrons. The Hall–Kier alpha value is -3.59. The van der Waals surface area contributed by atoms with Crippen LogP contribution in [0.4, 0.5) is 10.8 Å². The van der Waals surface area contributed by atoms with Gasteiger partial charge < -0.3 is 4.90 Å². The molecule has 0 atom stereocenters. The van der Waals surface area contributed by atoms with E-state index in [1.807, 2.05) is 30.3 Å². The number of anilines is 2. The quantitative estimate of drug-likeness (QED) is 0.396. The molecule has 0 unspecified atom stereocenters. The molecule has 8 nitrogen and oxygen atoms in total. The van der Waals surface area contributed by atoms with Crippen LogP contribution in [0.3, 0.4) is 0 Å². The summed E-state index contributed by atoms with van der Waals surface area (Å²) in [7, 11) is 0. The molecule has 1 heterocycles. The average Bonchev–Trinajstić information content (AvgIpc) is 3.22. The summed E-state index contributed by atoms with van der Waals surface area (Å²) in [6.45, 7) is 6.13. The molecule has 3 rings (SSSR count). The van der Waals surface area contributed by atoms with Crippen molar-refractivity contribution in [1.29, 1.82) is 0 Å². The lowest BCUT2D eigenvalue weighted by Crippen LogP contribution is -2.21. The average molecular weight is 437 g/mol. The van der Waals surface area contributed by atoms with E-state index in [9.17, 15) is 9.59 Å². The van der Waals surface area contributed by atoms with Crippen LogP contribution >= 0.6 is 11.3 Å². The molecule has 0 aliphatic rings. The Morgan fingerprint density at radius 3 is 2.42 bits per heavy atom. The van der Waals surface area contributed by atoms with Crippen molar-refractivity contribution in [3.63, 3.8) is 0 Å². The van der Waals surface area contributed by atoms with Gasteiger partial charge >= 0.3 is 0 Å². The van der Waals surface area contributed by atoms with Gasteiger partial charge in [-0.1, -0.05) is 41.7 Å². The number of carbonyl (C=O) groups excluding carboxylic acids is 2. The van der Waals surface area contributed by atoms with Gasteiger partial charge in [-0.2, -0.15) is 5.10 Å². The molecule has 0 bridgehead atoms. The maximum absolute atomic E-state index is 12.1. The van der Waals surface area contributed by atoms with Crippen LogP contribution in [0.1, 0.15) is 34.8 Å². The Kier molecular flexibility index (Phi) is 7.83. The molecule has 3 aromatic rings. The Balaban J connectivity index is 1.48. The van der Waals surface area contributed by atoms with Gasteiger partial charge in [0.1, 0.15) is 5.01 Å². The molecule has 0 aliphatic carbocycles. The number of hydrazone groups is 1. The van der Waals surface area contributed by atoms with Crippen molar-refractivity contribution in [3.8, 4) is 0 Å². The lowest BCUT2D eigenvalue weighted by molar-refractivity contribution is -0.120. The smallest absolute Gasteiger partial charge is 0.257 e. The summed E-state index contributed by atoms with van der Waals surface area (Å²) in [5.74, 6) is -0.586. The second-order valence-electron chi connectivity index (χ2n) is 6.55. The van der Waals surface area contributed by atoms with Gasteiger partial charge in [-0.3, -0.25) is 14.9 Å². The van der Waals surface area contributed by atoms with E-state index >= 15 is 0 Å². The van der Waals surface area contributed by atoms with Gasteiger partial charge in [0.25, 0.3) is 5.91 Å². The van der Waals surface area contributed by atoms with Crippen molar-refractivity contribution in [1.82, 2.24) is 15.6 Å². The van der Waals surface area contributed by atoms with E-state index in [-0.39, 0.29) is 18.2 Å². The lowest BCUT2D eigenvalue weighted by atomic mass is 10.2. The Morgan fingerprint density at radius 1 is 1.03 bits per heavy atom. The van der Waals surface area contributed by atoms with E-state index in [4.69, 9.17) is 0 Å². The van der Waals surface area contributed by atoms with Crippen molar-refractivity contribution in [2.45, 2.75) is 20.3 Å². The number of nitrogens with one attached hydrogen (secondary N) is 2. The van der Waals surface area contributed by atoms with Gasteiger partial charge in [0.15, 0.2) is 0 Å². The molecular weight excluding hydrogens is 412 g/mol. The number of hydrogen-bond acceptors (Lipinski definition) is 7. The minimum absolute atomic E-state index is 0.0249. The van der Waals surface area contributed by atoms with Crippen LogP contribution in [-0.2, 0) is 11.2 Å². The summed E-state index contributed by atoms with van der Waals surface area (Å²) in [6.07, 6.45) is 1.62. The molecule has 2 N–H and O–H groups in total. The first kappa shape index (κ1) is 22.1. The number of benzene rings is 2. The van der Waals surface area contributed by atoms with Gasteiger partial charge in [-0.25, -0.2) is 5.43 Å². The number of hydrogen-bond donors (Lipinski definition) is 2. The van der Waals surface area contributed by atoms with Gasteiger partial charge in [0.05, 0.1) is 12.6 Å². The van der Waals surface area contributed by atoms with Gasteiger partial charge in [-0.05, 0) is 43.7 Å². The van der Waals surface area contributed by atoms with Gasteiger partial charge in [-0.15, -0.1) is 10.2 Å². The topological polar surface area (TPSA) is 99.6 Å². The van der Waals surface area contributed by atoms with Crippen molar-refractivity contribution >= 4 is 40.2 Å². The van der Waals surface area contributed by atoms with Crippen molar-refractivity contribution in [2.24, 2.45) is 5.10 Å². The zero-order valence-corrected chi connectivity index (χ0v) is 18.2. The Morgan fingerprint density at radius 2 is 1.74 bits per heavy atom.